The maximum absolute atomic E-state index is 13.2. The molecule has 102 valence electrons. The van der Waals surface area contributed by atoms with E-state index in [1.807, 2.05) is 0 Å². The molecule has 0 radical (unpaired) electrons. The molecule has 20 heavy (non-hydrogen) atoms. The molecule has 1 N–H and O–H groups in total. The Bertz CT molecular complexity index is 782. The van der Waals surface area contributed by atoms with Crippen LogP contribution in [-0.2, 0) is 0 Å². The van der Waals surface area contributed by atoms with Crippen molar-refractivity contribution in [3.8, 4) is 11.1 Å². The Kier molecular flexibility index (Phi) is 2.89. The van der Waals surface area contributed by atoms with Gasteiger partial charge in [-0.25, -0.2) is 18.2 Å². The van der Waals surface area contributed by atoms with Gasteiger partial charge in [0, 0.05) is 11.8 Å². The van der Waals surface area contributed by atoms with E-state index >= 15 is 0 Å². The van der Waals surface area contributed by atoms with E-state index in [9.17, 15) is 17.6 Å². The molecule has 1 aromatic carbocycles. The number of H-pyrrole nitrogens is 1. The fourth-order valence-electron chi connectivity index (χ4n) is 1.92. The van der Waals surface area contributed by atoms with Gasteiger partial charge in [-0.2, -0.15) is 9.49 Å². The summed E-state index contributed by atoms with van der Waals surface area (Å²) in [7, 11) is 0. The number of hydrogen-bond donors (Lipinski definition) is 1. The molecule has 3 rings (SSSR count). The van der Waals surface area contributed by atoms with Gasteiger partial charge in [-0.1, -0.05) is 6.07 Å². The highest BCUT2D eigenvalue weighted by molar-refractivity contribution is 5.80. The monoisotopic (exact) mass is 281 g/mol. The quantitative estimate of drug-likeness (QED) is 0.725. The van der Waals surface area contributed by atoms with E-state index in [2.05, 4.69) is 15.2 Å². The Morgan fingerprint density at radius 2 is 1.85 bits per heavy atom. The van der Waals surface area contributed by atoms with Gasteiger partial charge >= 0.3 is 0 Å². The first-order chi connectivity index (χ1) is 9.56. The lowest BCUT2D eigenvalue weighted by Gasteiger charge is -2.06. The van der Waals surface area contributed by atoms with Crippen molar-refractivity contribution in [2.24, 2.45) is 0 Å². The molecule has 0 bridgehead atoms. The second-order valence-electron chi connectivity index (χ2n) is 4.17. The smallest absolute Gasteiger partial charge is 0.251 e. The maximum Gasteiger partial charge on any atom is 0.266 e. The number of aromatic nitrogens is 3. The van der Waals surface area contributed by atoms with Gasteiger partial charge in [-0.3, -0.25) is 5.10 Å². The number of aromatic amines is 1. The molecule has 0 spiro atoms. The van der Waals surface area contributed by atoms with Gasteiger partial charge in [0.25, 0.3) is 6.43 Å². The topological polar surface area (TPSA) is 41.6 Å². The van der Waals surface area contributed by atoms with Gasteiger partial charge in [0.05, 0.1) is 5.56 Å². The van der Waals surface area contributed by atoms with Gasteiger partial charge in [-0.15, -0.1) is 0 Å². The van der Waals surface area contributed by atoms with Crippen molar-refractivity contribution >= 4 is 11.0 Å². The average molecular weight is 281 g/mol. The largest absolute Gasteiger partial charge is 0.266 e. The minimum absolute atomic E-state index is 0.0601. The van der Waals surface area contributed by atoms with E-state index in [0.717, 1.165) is 12.1 Å². The van der Waals surface area contributed by atoms with Gasteiger partial charge in [0.1, 0.15) is 16.9 Å². The Morgan fingerprint density at radius 3 is 2.60 bits per heavy atom. The molecular formula is C13H7F4N3. The number of alkyl halides is 2. The molecule has 0 aliphatic carbocycles. The van der Waals surface area contributed by atoms with E-state index in [1.54, 1.807) is 0 Å². The average Bonchev–Trinajstić information content (AvgIpc) is 2.80. The Morgan fingerprint density at radius 1 is 1.05 bits per heavy atom. The highest BCUT2D eigenvalue weighted by Gasteiger charge is 2.15. The summed E-state index contributed by atoms with van der Waals surface area (Å²) in [5.74, 6) is -1.64. The van der Waals surface area contributed by atoms with Crippen LogP contribution < -0.4 is 0 Å². The number of fused-ring (bicyclic) bond motifs is 1. The van der Waals surface area contributed by atoms with Crippen molar-refractivity contribution in [2.45, 2.75) is 6.43 Å². The SMILES string of the molecule is Fc1ccc(-c2cnc3c(F)[nH]nc3c2)cc1C(F)F. The summed E-state index contributed by atoms with van der Waals surface area (Å²) in [6.07, 6.45) is -1.59. The molecule has 3 aromatic rings. The second-order valence-corrected chi connectivity index (χ2v) is 4.17. The molecular weight excluding hydrogens is 274 g/mol. The zero-order valence-corrected chi connectivity index (χ0v) is 9.87. The standard InChI is InChI=1S/C13H7F4N3/c14-9-2-1-6(3-8(9)12(15)16)7-4-10-11(18-5-7)13(17)20-19-10/h1-5,12H,(H,19,20). The number of rotatable bonds is 2. The highest BCUT2D eigenvalue weighted by atomic mass is 19.3. The number of halogens is 4. The van der Waals surface area contributed by atoms with E-state index in [-0.39, 0.29) is 11.0 Å². The predicted octanol–water partition coefficient (Wildman–Crippen LogP) is 3.84. The fraction of sp³-hybridized carbons (Fsp3) is 0.0769. The normalized spacial score (nSPS) is 11.4. The zero-order valence-electron chi connectivity index (χ0n) is 9.87. The Labute approximate surface area is 110 Å². The molecule has 0 aliphatic rings. The first kappa shape index (κ1) is 12.6. The van der Waals surface area contributed by atoms with Crippen molar-refractivity contribution in [1.82, 2.24) is 15.2 Å². The van der Waals surface area contributed by atoms with Crippen LogP contribution in [0.5, 0.6) is 0 Å². The lowest BCUT2D eigenvalue weighted by molar-refractivity contribution is 0.146. The predicted molar refractivity (Wildman–Crippen MR) is 64.2 cm³/mol. The third-order valence-corrected chi connectivity index (χ3v) is 2.91. The van der Waals surface area contributed by atoms with Crippen LogP contribution >= 0.6 is 0 Å². The van der Waals surface area contributed by atoms with Gasteiger partial charge in [0.15, 0.2) is 0 Å². The lowest BCUT2D eigenvalue weighted by Crippen LogP contribution is -1.92. The zero-order chi connectivity index (χ0) is 14.3. The van der Waals surface area contributed by atoms with Gasteiger partial charge in [-0.05, 0) is 23.8 Å². The van der Waals surface area contributed by atoms with Crippen LogP contribution in [-0.4, -0.2) is 15.2 Å². The van der Waals surface area contributed by atoms with Crippen LogP contribution in [0.2, 0.25) is 0 Å². The van der Waals surface area contributed by atoms with Crippen molar-refractivity contribution in [3.05, 3.63) is 47.8 Å². The van der Waals surface area contributed by atoms with Crippen LogP contribution in [0.1, 0.15) is 12.0 Å². The Hall–Kier alpha value is -2.44. The van der Waals surface area contributed by atoms with Crippen LogP contribution in [0.25, 0.3) is 22.2 Å². The second kappa shape index (κ2) is 4.59. The van der Waals surface area contributed by atoms with Crippen molar-refractivity contribution < 1.29 is 17.6 Å². The minimum atomic E-state index is -2.91. The maximum atomic E-state index is 13.2. The molecule has 0 amide bonds. The summed E-state index contributed by atoms with van der Waals surface area (Å²) in [6.45, 7) is 0. The Balaban J connectivity index is 2.12. The van der Waals surface area contributed by atoms with Crippen LogP contribution in [0.4, 0.5) is 17.6 Å². The first-order valence-electron chi connectivity index (χ1n) is 5.64. The molecule has 3 nitrogen and oxygen atoms in total. The molecule has 2 heterocycles. The third kappa shape index (κ3) is 2.01. The summed E-state index contributed by atoms with van der Waals surface area (Å²) >= 11 is 0. The molecule has 0 aliphatic heterocycles. The molecule has 0 saturated carbocycles. The molecule has 0 atom stereocenters. The summed E-state index contributed by atoms with van der Waals surface area (Å²) in [5, 5.41) is 5.83. The van der Waals surface area contributed by atoms with E-state index < -0.39 is 23.8 Å². The van der Waals surface area contributed by atoms with Crippen LogP contribution in [0, 0.1) is 11.8 Å². The summed E-state index contributed by atoms with van der Waals surface area (Å²) in [5.41, 5.74) is 0.453. The summed E-state index contributed by atoms with van der Waals surface area (Å²) in [4.78, 5) is 3.86. The molecule has 2 aromatic heterocycles. The number of hydrogen-bond acceptors (Lipinski definition) is 2. The first-order valence-corrected chi connectivity index (χ1v) is 5.64. The highest BCUT2D eigenvalue weighted by Crippen LogP contribution is 2.29. The van der Waals surface area contributed by atoms with E-state index in [0.29, 0.717) is 11.1 Å². The van der Waals surface area contributed by atoms with Crippen molar-refractivity contribution in [2.75, 3.05) is 0 Å². The van der Waals surface area contributed by atoms with E-state index in [1.165, 1.54) is 18.3 Å². The summed E-state index contributed by atoms with van der Waals surface area (Å²) in [6, 6.07) is 4.86. The number of pyridine rings is 1. The lowest BCUT2D eigenvalue weighted by atomic mass is 10.0. The van der Waals surface area contributed by atoms with E-state index in [4.69, 9.17) is 0 Å². The van der Waals surface area contributed by atoms with Gasteiger partial charge in [0.2, 0.25) is 5.95 Å². The number of benzene rings is 1. The third-order valence-electron chi connectivity index (χ3n) is 2.91. The van der Waals surface area contributed by atoms with Crippen molar-refractivity contribution in [1.29, 1.82) is 0 Å². The van der Waals surface area contributed by atoms with Crippen molar-refractivity contribution in [3.63, 3.8) is 0 Å². The molecule has 0 saturated heterocycles. The van der Waals surface area contributed by atoms with Crippen LogP contribution in [0.15, 0.2) is 30.5 Å². The van der Waals surface area contributed by atoms with Crippen LogP contribution in [0.3, 0.4) is 0 Å². The minimum Gasteiger partial charge on any atom is -0.251 e. The summed E-state index contributed by atoms with van der Waals surface area (Å²) < 4.78 is 51.7. The van der Waals surface area contributed by atoms with Gasteiger partial charge < -0.3 is 0 Å². The molecule has 0 unspecified atom stereocenters. The molecule has 7 heteroatoms. The fourth-order valence-corrected chi connectivity index (χ4v) is 1.92. The molecule has 0 fully saturated rings. The number of nitrogens with zero attached hydrogens (tertiary/aromatic N) is 2. The number of nitrogens with one attached hydrogen (secondary N) is 1.